The van der Waals surface area contributed by atoms with E-state index in [0.29, 0.717) is 12.3 Å². The number of aromatic nitrogens is 2. The van der Waals surface area contributed by atoms with Crippen molar-refractivity contribution >= 4 is 0 Å². The fourth-order valence-electron chi connectivity index (χ4n) is 3.38. The zero-order valence-electron chi connectivity index (χ0n) is 12.7. The van der Waals surface area contributed by atoms with E-state index in [-0.39, 0.29) is 6.10 Å². The molecule has 0 bridgehead atoms. The quantitative estimate of drug-likeness (QED) is 0.916. The maximum atomic E-state index is 10.6. The Labute approximate surface area is 126 Å². The molecule has 3 nitrogen and oxygen atoms in total. The number of benzene rings is 1. The van der Waals surface area contributed by atoms with Gasteiger partial charge < -0.3 is 9.67 Å². The van der Waals surface area contributed by atoms with Crippen LogP contribution < -0.4 is 0 Å². The molecule has 1 aromatic carbocycles. The molecule has 0 saturated carbocycles. The maximum absolute atomic E-state index is 10.6. The molecular formula is C18H24N2O. The fraction of sp³-hybridized carbons (Fsp3) is 0.500. The van der Waals surface area contributed by atoms with E-state index in [0.717, 1.165) is 38.1 Å². The smallest absolute Gasteiger partial charge is 0.111 e. The van der Waals surface area contributed by atoms with Crippen LogP contribution in [0.1, 0.15) is 36.7 Å². The molecule has 0 radical (unpaired) electrons. The number of rotatable bonds is 5. The van der Waals surface area contributed by atoms with Crippen LogP contribution in [0.25, 0.3) is 0 Å². The van der Waals surface area contributed by atoms with Gasteiger partial charge in [0.2, 0.25) is 0 Å². The Morgan fingerprint density at radius 2 is 2.14 bits per heavy atom. The average Bonchev–Trinajstić information content (AvgIpc) is 2.94. The second-order valence-electron chi connectivity index (χ2n) is 6.08. The molecule has 21 heavy (non-hydrogen) atoms. The third kappa shape index (κ3) is 3.18. The number of fused-ring (bicyclic) bond motifs is 1. The first-order valence-corrected chi connectivity index (χ1v) is 8.02. The lowest BCUT2D eigenvalue weighted by atomic mass is 9.80. The van der Waals surface area contributed by atoms with Gasteiger partial charge in [-0.1, -0.05) is 31.2 Å². The summed E-state index contributed by atoms with van der Waals surface area (Å²) in [6, 6.07) is 8.62. The first-order valence-electron chi connectivity index (χ1n) is 8.02. The van der Waals surface area contributed by atoms with Gasteiger partial charge in [0.15, 0.2) is 0 Å². The molecule has 0 fully saturated rings. The fourth-order valence-corrected chi connectivity index (χ4v) is 3.38. The van der Waals surface area contributed by atoms with Crippen LogP contribution >= 0.6 is 0 Å². The molecule has 2 atom stereocenters. The summed E-state index contributed by atoms with van der Waals surface area (Å²) < 4.78 is 2.17. The second-order valence-corrected chi connectivity index (χ2v) is 6.08. The highest BCUT2D eigenvalue weighted by atomic mass is 16.3. The van der Waals surface area contributed by atoms with E-state index in [1.807, 2.05) is 12.4 Å². The summed E-state index contributed by atoms with van der Waals surface area (Å²) in [5.74, 6) is 1.37. The summed E-state index contributed by atoms with van der Waals surface area (Å²) in [6.07, 6.45) is 8.47. The van der Waals surface area contributed by atoms with Gasteiger partial charge in [0.25, 0.3) is 0 Å². The van der Waals surface area contributed by atoms with Gasteiger partial charge in [-0.15, -0.1) is 0 Å². The third-order valence-electron chi connectivity index (χ3n) is 4.59. The highest BCUT2D eigenvalue weighted by molar-refractivity contribution is 5.29. The van der Waals surface area contributed by atoms with Gasteiger partial charge in [0, 0.05) is 25.4 Å². The van der Waals surface area contributed by atoms with Gasteiger partial charge in [0.05, 0.1) is 6.10 Å². The number of hydrogen-bond acceptors (Lipinski definition) is 2. The normalized spacial score (nSPS) is 19.2. The van der Waals surface area contributed by atoms with Crippen LogP contribution in [0.15, 0.2) is 36.7 Å². The lowest BCUT2D eigenvalue weighted by Crippen LogP contribution is -2.29. The molecule has 1 aromatic heterocycles. The van der Waals surface area contributed by atoms with E-state index < -0.39 is 0 Å². The largest absolute Gasteiger partial charge is 0.392 e. The summed E-state index contributed by atoms with van der Waals surface area (Å²) in [5.41, 5.74) is 2.86. The maximum Gasteiger partial charge on any atom is 0.111 e. The Bertz CT molecular complexity index is 590. The van der Waals surface area contributed by atoms with Crippen molar-refractivity contribution in [2.75, 3.05) is 0 Å². The molecule has 112 valence electrons. The molecule has 1 aliphatic carbocycles. The van der Waals surface area contributed by atoms with Crippen molar-refractivity contribution in [2.45, 2.75) is 51.7 Å². The van der Waals surface area contributed by atoms with Gasteiger partial charge in [-0.25, -0.2) is 4.98 Å². The molecule has 2 aromatic rings. The van der Waals surface area contributed by atoms with Crippen molar-refractivity contribution in [3.63, 3.8) is 0 Å². The second kappa shape index (κ2) is 6.44. The van der Waals surface area contributed by atoms with E-state index in [1.165, 1.54) is 11.1 Å². The SMILES string of the molecule is CCCn1ccnc1CC(O)C1CCc2ccccc2C1. The summed E-state index contributed by atoms with van der Waals surface area (Å²) in [4.78, 5) is 4.42. The Morgan fingerprint density at radius 3 is 2.95 bits per heavy atom. The Morgan fingerprint density at radius 1 is 1.33 bits per heavy atom. The van der Waals surface area contributed by atoms with Gasteiger partial charge >= 0.3 is 0 Å². The molecule has 1 heterocycles. The highest BCUT2D eigenvalue weighted by Gasteiger charge is 2.25. The number of aliphatic hydroxyl groups is 1. The molecule has 3 heteroatoms. The first kappa shape index (κ1) is 14.3. The molecule has 0 spiro atoms. The van der Waals surface area contributed by atoms with E-state index in [2.05, 4.69) is 40.7 Å². The van der Waals surface area contributed by atoms with E-state index in [9.17, 15) is 5.11 Å². The van der Waals surface area contributed by atoms with Crippen molar-refractivity contribution in [2.24, 2.45) is 5.92 Å². The van der Waals surface area contributed by atoms with Crippen molar-refractivity contribution in [3.8, 4) is 0 Å². The molecule has 1 N–H and O–H groups in total. The van der Waals surface area contributed by atoms with Gasteiger partial charge in [-0.3, -0.25) is 0 Å². The molecule has 0 aliphatic heterocycles. The summed E-state index contributed by atoms with van der Waals surface area (Å²) in [7, 11) is 0. The molecule has 2 unspecified atom stereocenters. The third-order valence-corrected chi connectivity index (χ3v) is 4.59. The molecular weight excluding hydrogens is 260 g/mol. The summed E-state index contributed by atoms with van der Waals surface area (Å²) in [5, 5.41) is 10.6. The number of nitrogens with zero attached hydrogens (tertiary/aromatic N) is 2. The van der Waals surface area contributed by atoms with Crippen LogP contribution in [0.2, 0.25) is 0 Å². The monoisotopic (exact) mass is 284 g/mol. The molecule has 0 saturated heterocycles. The van der Waals surface area contributed by atoms with E-state index in [4.69, 9.17) is 0 Å². The number of imidazole rings is 1. The zero-order chi connectivity index (χ0) is 14.7. The Balaban J connectivity index is 1.66. The van der Waals surface area contributed by atoms with Gasteiger partial charge in [0.1, 0.15) is 5.82 Å². The first-order chi connectivity index (χ1) is 10.3. The number of hydrogen-bond donors (Lipinski definition) is 1. The lowest BCUT2D eigenvalue weighted by molar-refractivity contribution is 0.0965. The standard InChI is InChI=1S/C18H24N2O/c1-2-10-20-11-9-19-18(20)13-17(21)16-8-7-14-5-3-4-6-15(14)12-16/h3-6,9,11,16-17,21H,2,7-8,10,12-13H2,1H3. The van der Waals surface area contributed by atoms with Crippen molar-refractivity contribution < 1.29 is 5.11 Å². The van der Waals surface area contributed by atoms with Crippen LogP contribution in [0.3, 0.4) is 0 Å². The molecule has 3 rings (SSSR count). The van der Waals surface area contributed by atoms with Crippen LogP contribution in [-0.2, 0) is 25.8 Å². The molecule has 0 amide bonds. The number of aryl methyl sites for hydroxylation is 2. The summed E-state index contributed by atoms with van der Waals surface area (Å²) >= 11 is 0. The highest BCUT2D eigenvalue weighted by Crippen LogP contribution is 2.28. The van der Waals surface area contributed by atoms with Gasteiger partial charge in [-0.05, 0) is 42.7 Å². The minimum Gasteiger partial charge on any atom is -0.392 e. The van der Waals surface area contributed by atoms with Crippen molar-refractivity contribution in [1.82, 2.24) is 9.55 Å². The Kier molecular flexibility index (Phi) is 4.39. The van der Waals surface area contributed by atoms with Crippen molar-refractivity contribution in [3.05, 3.63) is 53.6 Å². The van der Waals surface area contributed by atoms with E-state index in [1.54, 1.807) is 0 Å². The zero-order valence-corrected chi connectivity index (χ0v) is 12.7. The minimum atomic E-state index is -0.295. The summed E-state index contributed by atoms with van der Waals surface area (Å²) in [6.45, 7) is 3.15. The lowest BCUT2D eigenvalue weighted by Gasteiger charge is -2.28. The van der Waals surface area contributed by atoms with Crippen LogP contribution in [0.4, 0.5) is 0 Å². The predicted octanol–water partition coefficient (Wildman–Crippen LogP) is 3.00. The van der Waals surface area contributed by atoms with Crippen LogP contribution in [0, 0.1) is 5.92 Å². The van der Waals surface area contributed by atoms with Crippen LogP contribution in [-0.4, -0.2) is 20.8 Å². The van der Waals surface area contributed by atoms with Gasteiger partial charge in [-0.2, -0.15) is 0 Å². The van der Waals surface area contributed by atoms with Crippen LogP contribution in [0.5, 0.6) is 0 Å². The predicted molar refractivity (Wildman–Crippen MR) is 84.2 cm³/mol. The Hall–Kier alpha value is -1.61. The van der Waals surface area contributed by atoms with E-state index >= 15 is 0 Å². The number of aliphatic hydroxyl groups excluding tert-OH is 1. The average molecular weight is 284 g/mol. The minimum absolute atomic E-state index is 0.295. The van der Waals surface area contributed by atoms with Crippen molar-refractivity contribution in [1.29, 1.82) is 0 Å². The topological polar surface area (TPSA) is 38.0 Å². The molecule has 1 aliphatic rings.